The number of rotatable bonds is 48. The molecule has 6 nitrogen and oxygen atoms in total. The Kier molecular flexibility index (Phi) is 45.2. The third kappa shape index (κ3) is 46.2. The topological polar surface area (TPSA) is 78.9 Å². The van der Waals surface area contributed by atoms with Crippen LogP contribution in [0, 0.1) is 17.8 Å². The summed E-state index contributed by atoms with van der Waals surface area (Å²) in [7, 11) is 0. The zero-order chi connectivity index (χ0) is 44.9. The van der Waals surface area contributed by atoms with Gasteiger partial charge in [-0.15, -0.1) is 0 Å². The average Bonchev–Trinajstić information content (AvgIpc) is 3.24. The van der Waals surface area contributed by atoms with Gasteiger partial charge in [0.2, 0.25) is 0 Å². The molecule has 0 rings (SSSR count). The molecule has 3 atom stereocenters. The maximum absolute atomic E-state index is 12.8. The summed E-state index contributed by atoms with van der Waals surface area (Å²) < 4.78 is 16.8. The van der Waals surface area contributed by atoms with Gasteiger partial charge in [-0.05, 0) is 37.0 Å². The molecular formula is C55H106O6. The fourth-order valence-corrected chi connectivity index (χ4v) is 8.23. The summed E-state index contributed by atoms with van der Waals surface area (Å²) in [6.07, 6.45) is 46.6. The maximum Gasteiger partial charge on any atom is 0.306 e. The van der Waals surface area contributed by atoms with E-state index in [-0.39, 0.29) is 31.1 Å². The van der Waals surface area contributed by atoms with Crippen LogP contribution in [0.2, 0.25) is 0 Å². The molecule has 0 aliphatic rings. The Balaban J connectivity index is 4.28. The van der Waals surface area contributed by atoms with Gasteiger partial charge in [-0.1, -0.05) is 260 Å². The summed E-state index contributed by atoms with van der Waals surface area (Å²) in [5.74, 6) is 1.69. The Hall–Kier alpha value is -1.59. The standard InChI is InChI=1S/C55H106O6/c1-7-50(5)42-36-30-24-20-16-11-9-10-12-17-21-25-32-38-44-53(56)59-47-52(48-60-54(57)45-39-33-28-27-31-37-43-51(6)8-2)61-55(58)46-40-34-26-22-18-14-13-15-19-23-29-35-41-49(3)4/h49-52H,7-48H2,1-6H3/t50?,51?,52-/m1/s1. The second-order valence-electron chi connectivity index (χ2n) is 19.8. The lowest BCUT2D eigenvalue weighted by atomic mass is 9.99. The lowest BCUT2D eigenvalue weighted by molar-refractivity contribution is -0.167. The molecule has 362 valence electrons. The van der Waals surface area contributed by atoms with Crippen molar-refractivity contribution in [2.45, 2.75) is 304 Å². The van der Waals surface area contributed by atoms with E-state index < -0.39 is 6.10 Å². The molecule has 0 heterocycles. The zero-order valence-electron chi connectivity index (χ0n) is 42.0. The molecule has 0 radical (unpaired) electrons. The highest BCUT2D eigenvalue weighted by Crippen LogP contribution is 2.19. The molecule has 0 aromatic heterocycles. The first-order valence-electron chi connectivity index (χ1n) is 27.2. The number of hydrogen-bond donors (Lipinski definition) is 0. The molecule has 0 fully saturated rings. The van der Waals surface area contributed by atoms with Crippen LogP contribution in [0.5, 0.6) is 0 Å². The van der Waals surface area contributed by atoms with E-state index in [0.29, 0.717) is 19.3 Å². The van der Waals surface area contributed by atoms with Crippen LogP contribution >= 0.6 is 0 Å². The number of ether oxygens (including phenoxy) is 3. The fraction of sp³-hybridized carbons (Fsp3) is 0.945. The van der Waals surface area contributed by atoms with Crippen LogP contribution in [-0.4, -0.2) is 37.2 Å². The van der Waals surface area contributed by atoms with Crippen molar-refractivity contribution in [3.8, 4) is 0 Å². The largest absolute Gasteiger partial charge is 0.462 e. The van der Waals surface area contributed by atoms with Gasteiger partial charge in [0.15, 0.2) is 6.10 Å². The van der Waals surface area contributed by atoms with Crippen molar-refractivity contribution < 1.29 is 28.6 Å². The van der Waals surface area contributed by atoms with Gasteiger partial charge in [0.25, 0.3) is 0 Å². The molecule has 0 spiro atoms. The van der Waals surface area contributed by atoms with E-state index >= 15 is 0 Å². The smallest absolute Gasteiger partial charge is 0.306 e. The lowest BCUT2D eigenvalue weighted by Crippen LogP contribution is -2.30. The number of carbonyl (C=O) groups excluding carboxylic acids is 3. The Labute approximate surface area is 380 Å². The van der Waals surface area contributed by atoms with Gasteiger partial charge < -0.3 is 14.2 Å². The van der Waals surface area contributed by atoms with Gasteiger partial charge in [-0.2, -0.15) is 0 Å². The van der Waals surface area contributed by atoms with Crippen molar-refractivity contribution in [2.75, 3.05) is 13.2 Å². The van der Waals surface area contributed by atoms with Crippen molar-refractivity contribution in [2.24, 2.45) is 17.8 Å². The summed E-state index contributed by atoms with van der Waals surface area (Å²) >= 11 is 0. The first kappa shape index (κ1) is 59.4. The fourth-order valence-electron chi connectivity index (χ4n) is 8.23. The molecule has 0 aliphatic heterocycles. The number of hydrogen-bond acceptors (Lipinski definition) is 6. The number of carbonyl (C=O) groups is 3. The Morgan fingerprint density at radius 1 is 0.328 bits per heavy atom. The van der Waals surface area contributed by atoms with E-state index in [1.807, 2.05) is 0 Å². The molecule has 2 unspecified atom stereocenters. The van der Waals surface area contributed by atoms with Crippen LogP contribution in [0.15, 0.2) is 0 Å². The van der Waals surface area contributed by atoms with Crippen molar-refractivity contribution in [1.29, 1.82) is 0 Å². The van der Waals surface area contributed by atoms with Crippen LogP contribution in [0.3, 0.4) is 0 Å². The molecular weight excluding hydrogens is 757 g/mol. The lowest BCUT2D eigenvalue weighted by Gasteiger charge is -2.18. The Morgan fingerprint density at radius 2 is 0.574 bits per heavy atom. The van der Waals surface area contributed by atoms with E-state index in [2.05, 4.69) is 41.5 Å². The van der Waals surface area contributed by atoms with Gasteiger partial charge in [0, 0.05) is 19.3 Å². The molecule has 0 amide bonds. The molecule has 0 aromatic carbocycles. The first-order valence-corrected chi connectivity index (χ1v) is 27.2. The quantitative estimate of drug-likeness (QED) is 0.0344. The second kappa shape index (κ2) is 46.4. The van der Waals surface area contributed by atoms with Gasteiger partial charge in [-0.25, -0.2) is 0 Å². The summed E-state index contributed by atoms with van der Waals surface area (Å²) in [6.45, 7) is 13.7. The van der Waals surface area contributed by atoms with Gasteiger partial charge >= 0.3 is 17.9 Å². The number of esters is 3. The van der Waals surface area contributed by atoms with E-state index in [4.69, 9.17) is 14.2 Å². The highest BCUT2D eigenvalue weighted by atomic mass is 16.6. The maximum atomic E-state index is 12.8. The van der Waals surface area contributed by atoms with E-state index in [9.17, 15) is 14.4 Å². The molecule has 6 heteroatoms. The van der Waals surface area contributed by atoms with Crippen LogP contribution in [0.1, 0.15) is 298 Å². The Morgan fingerprint density at radius 3 is 0.852 bits per heavy atom. The normalized spacial score (nSPS) is 13.0. The molecule has 0 saturated carbocycles. The van der Waals surface area contributed by atoms with Gasteiger partial charge in [0.05, 0.1) is 0 Å². The minimum absolute atomic E-state index is 0.0648. The summed E-state index contributed by atoms with van der Waals surface area (Å²) in [5.41, 5.74) is 0. The average molecular weight is 863 g/mol. The molecule has 0 aliphatic carbocycles. The predicted molar refractivity (Wildman–Crippen MR) is 261 cm³/mol. The Bertz CT molecular complexity index is 949. The summed E-state index contributed by atoms with van der Waals surface area (Å²) in [6, 6.07) is 0. The third-order valence-corrected chi connectivity index (χ3v) is 13.1. The highest BCUT2D eigenvalue weighted by Gasteiger charge is 2.19. The summed E-state index contributed by atoms with van der Waals surface area (Å²) in [5, 5.41) is 0. The SMILES string of the molecule is CCC(C)CCCCCCCCCCCCCCCCC(=O)OC[C@H](COC(=O)CCCCCCCCC(C)CC)OC(=O)CCCCCCCCCCCCCCC(C)C. The molecule has 0 bridgehead atoms. The minimum Gasteiger partial charge on any atom is -0.462 e. The highest BCUT2D eigenvalue weighted by molar-refractivity contribution is 5.71. The van der Waals surface area contributed by atoms with E-state index in [1.165, 1.54) is 180 Å². The van der Waals surface area contributed by atoms with Gasteiger partial charge in [0.1, 0.15) is 13.2 Å². The molecule has 61 heavy (non-hydrogen) atoms. The van der Waals surface area contributed by atoms with Crippen molar-refractivity contribution in [3.05, 3.63) is 0 Å². The molecule has 0 saturated heterocycles. The van der Waals surface area contributed by atoms with Crippen LogP contribution < -0.4 is 0 Å². The monoisotopic (exact) mass is 863 g/mol. The van der Waals surface area contributed by atoms with Crippen molar-refractivity contribution in [1.82, 2.24) is 0 Å². The van der Waals surface area contributed by atoms with Crippen molar-refractivity contribution in [3.63, 3.8) is 0 Å². The van der Waals surface area contributed by atoms with Crippen LogP contribution in [-0.2, 0) is 28.6 Å². The molecule has 0 N–H and O–H groups in total. The third-order valence-electron chi connectivity index (χ3n) is 13.1. The van der Waals surface area contributed by atoms with E-state index in [0.717, 1.165) is 75.5 Å². The van der Waals surface area contributed by atoms with Crippen molar-refractivity contribution >= 4 is 17.9 Å². The van der Waals surface area contributed by atoms with Gasteiger partial charge in [-0.3, -0.25) is 14.4 Å². The zero-order valence-corrected chi connectivity index (χ0v) is 42.0. The molecule has 0 aromatic rings. The summed E-state index contributed by atoms with van der Waals surface area (Å²) in [4.78, 5) is 38.0. The number of unbranched alkanes of at least 4 members (excludes halogenated alkanes) is 29. The van der Waals surface area contributed by atoms with Crippen LogP contribution in [0.4, 0.5) is 0 Å². The second-order valence-corrected chi connectivity index (χ2v) is 19.8. The minimum atomic E-state index is -0.763. The predicted octanol–water partition coefficient (Wildman–Crippen LogP) is 17.6. The van der Waals surface area contributed by atoms with Crippen LogP contribution in [0.25, 0.3) is 0 Å². The first-order chi connectivity index (χ1) is 29.7. The van der Waals surface area contributed by atoms with E-state index in [1.54, 1.807) is 0 Å².